The van der Waals surface area contributed by atoms with Gasteiger partial charge in [-0.25, -0.2) is 8.42 Å². The molecule has 0 heterocycles. The first-order valence-corrected chi connectivity index (χ1v) is 8.70. The first-order chi connectivity index (χ1) is 9.70. The summed E-state index contributed by atoms with van der Waals surface area (Å²) < 4.78 is 31.4. The molecule has 0 bridgehead atoms. The fourth-order valence-electron chi connectivity index (χ4n) is 1.25. The molecular weight excluding hydrogens is 369 g/mol. The van der Waals surface area contributed by atoms with Gasteiger partial charge in [-0.15, -0.1) is 0 Å². The Kier molecular flexibility index (Phi) is 6.95. The third-order valence-electron chi connectivity index (χ3n) is 2.16. The van der Waals surface area contributed by atoms with Gasteiger partial charge in [-0.2, -0.15) is 0 Å². The molecule has 0 radical (unpaired) electrons. The summed E-state index contributed by atoms with van der Waals surface area (Å²) >= 11 is 11.4. The summed E-state index contributed by atoms with van der Waals surface area (Å²) in [7, 11) is 1.38. The van der Waals surface area contributed by atoms with E-state index in [2.05, 4.69) is 0 Å². The summed E-state index contributed by atoms with van der Waals surface area (Å²) in [5, 5.41) is 11.0. The molecule has 0 aliphatic heterocycles. The molecule has 0 aliphatic rings. The van der Waals surface area contributed by atoms with Crippen LogP contribution in [0.2, 0.25) is 10.0 Å². The number of rotatable bonds is 8. The van der Waals surface area contributed by atoms with E-state index in [0.29, 0.717) is 0 Å². The normalized spacial score (nSPS) is 11.4. The van der Waals surface area contributed by atoms with Crippen molar-refractivity contribution in [2.24, 2.45) is 0 Å². The lowest BCUT2D eigenvalue weighted by Gasteiger charge is -2.08. The van der Waals surface area contributed by atoms with Gasteiger partial charge >= 0.3 is 5.69 Å². The number of nitro benzene ring substituents is 1. The van der Waals surface area contributed by atoms with Crippen molar-refractivity contribution in [2.45, 2.75) is 0 Å². The van der Waals surface area contributed by atoms with Crippen LogP contribution in [0, 0.1) is 10.1 Å². The van der Waals surface area contributed by atoms with Crippen LogP contribution in [0.15, 0.2) is 12.1 Å². The van der Waals surface area contributed by atoms with Gasteiger partial charge in [0.2, 0.25) is 9.05 Å². The predicted octanol–water partition coefficient (Wildman–Crippen LogP) is 2.87. The number of ether oxygens (including phenoxy) is 2. The van der Waals surface area contributed by atoms with Crippen molar-refractivity contribution in [3.63, 3.8) is 0 Å². The van der Waals surface area contributed by atoms with E-state index in [-0.39, 0.29) is 47.1 Å². The second kappa shape index (κ2) is 8.00. The largest absolute Gasteiger partial charge is 0.484 e. The molecule has 0 atom stereocenters. The van der Waals surface area contributed by atoms with Crippen LogP contribution in [-0.4, -0.2) is 38.9 Å². The molecule has 1 aromatic carbocycles. The number of halogens is 3. The van der Waals surface area contributed by atoms with E-state index in [1.807, 2.05) is 0 Å². The van der Waals surface area contributed by atoms with E-state index < -0.39 is 14.0 Å². The van der Waals surface area contributed by atoms with E-state index >= 15 is 0 Å². The lowest BCUT2D eigenvalue weighted by Crippen LogP contribution is -2.12. The van der Waals surface area contributed by atoms with Crippen LogP contribution in [0.5, 0.6) is 5.75 Å². The Morgan fingerprint density at radius 3 is 2.33 bits per heavy atom. The molecule has 0 saturated carbocycles. The smallest absolute Gasteiger partial charge is 0.312 e. The Balaban J connectivity index is 2.52. The summed E-state index contributed by atoms with van der Waals surface area (Å²) in [5.41, 5.74) is -0.326. The van der Waals surface area contributed by atoms with Crippen molar-refractivity contribution in [1.29, 1.82) is 0 Å². The molecule has 0 N–H and O–H groups in total. The lowest BCUT2D eigenvalue weighted by atomic mass is 10.3. The SMILES string of the molecule is O=[N+]([O-])c1cc(Cl)c(Cl)cc1OCCOCCS(=O)(=O)Cl. The quantitative estimate of drug-likeness (QED) is 0.299. The van der Waals surface area contributed by atoms with Crippen molar-refractivity contribution in [3.05, 3.63) is 32.3 Å². The molecule has 1 rings (SSSR count). The maximum atomic E-state index is 10.8. The standard InChI is InChI=1S/C10H10Cl3NO6S/c11-7-5-9(14(15)16)10(6-8(7)12)20-2-1-19-3-4-21(13,17)18/h5-6H,1-4H2. The van der Waals surface area contributed by atoms with Crippen molar-refractivity contribution < 1.29 is 22.8 Å². The van der Waals surface area contributed by atoms with Crippen LogP contribution in [0.3, 0.4) is 0 Å². The average Bonchev–Trinajstić information content (AvgIpc) is 2.35. The molecule has 0 amide bonds. The minimum Gasteiger partial charge on any atom is -0.484 e. The minimum atomic E-state index is -3.61. The van der Waals surface area contributed by atoms with Crippen LogP contribution in [0.4, 0.5) is 5.69 Å². The van der Waals surface area contributed by atoms with Crippen LogP contribution in [-0.2, 0) is 13.8 Å². The Morgan fingerprint density at radius 2 is 1.76 bits per heavy atom. The maximum absolute atomic E-state index is 10.8. The van der Waals surface area contributed by atoms with Gasteiger partial charge in [0.15, 0.2) is 5.75 Å². The van der Waals surface area contributed by atoms with Gasteiger partial charge < -0.3 is 9.47 Å². The molecular formula is C10H10Cl3NO6S. The van der Waals surface area contributed by atoms with Gasteiger partial charge in [-0.05, 0) is 0 Å². The molecule has 1 aromatic rings. The summed E-state index contributed by atoms with van der Waals surface area (Å²) in [4.78, 5) is 10.2. The van der Waals surface area contributed by atoms with E-state index in [1.165, 1.54) is 6.07 Å². The molecule has 0 unspecified atom stereocenters. The van der Waals surface area contributed by atoms with Crippen molar-refractivity contribution in [2.75, 3.05) is 25.6 Å². The Bertz CT molecular complexity index is 621. The average molecular weight is 379 g/mol. The third kappa shape index (κ3) is 6.66. The summed E-state index contributed by atoms with van der Waals surface area (Å²) in [6, 6.07) is 2.31. The number of nitro groups is 1. The summed E-state index contributed by atoms with van der Waals surface area (Å²) in [5.74, 6) is -0.385. The molecule has 0 aromatic heterocycles. The molecule has 0 fully saturated rings. The summed E-state index contributed by atoms with van der Waals surface area (Å²) in [6.45, 7) is -0.0936. The highest BCUT2D eigenvalue weighted by Gasteiger charge is 2.18. The molecule has 7 nitrogen and oxygen atoms in total. The second-order valence-corrected chi connectivity index (χ2v) is 7.41. The zero-order chi connectivity index (χ0) is 16.0. The second-order valence-electron chi connectivity index (χ2n) is 3.69. The zero-order valence-corrected chi connectivity index (χ0v) is 13.5. The van der Waals surface area contributed by atoms with Crippen molar-refractivity contribution in [3.8, 4) is 5.75 Å². The number of nitrogens with zero attached hydrogens (tertiary/aromatic N) is 1. The van der Waals surface area contributed by atoms with E-state index in [4.69, 9.17) is 43.4 Å². The highest BCUT2D eigenvalue weighted by Crippen LogP contribution is 2.35. The van der Waals surface area contributed by atoms with Crippen LogP contribution < -0.4 is 4.74 Å². The first-order valence-electron chi connectivity index (χ1n) is 5.47. The van der Waals surface area contributed by atoms with E-state index in [1.54, 1.807) is 0 Å². The van der Waals surface area contributed by atoms with E-state index in [0.717, 1.165) is 6.07 Å². The molecule has 0 aliphatic carbocycles. The molecule has 0 saturated heterocycles. The Labute approximate surface area is 135 Å². The minimum absolute atomic E-state index is 0.0267. The van der Waals surface area contributed by atoms with Gasteiger partial charge in [-0.3, -0.25) is 10.1 Å². The monoisotopic (exact) mass is 377 g/mol. The fraction of sp³-hybridized carbons (Fsp3) is 0.400. The highest BCUT2D eigenvalue weighted by molar-refractivity contribution is 8.13. The number of benzene rings is 1. The molecule has 118 valence electrons. The number of hydrogen-bond donors (Lipinski definition) is 0. The van der Waals surface area contributed by atoms with Crippen molar-refractivity contribution in [1.82, 2.24) is 0 Å². The van der Waals surface area contributed by atoms with Gasteiger partial charge in [0, 0.05) is 22.8 Å². The van der Waals surface area contributed by atoms with Crippen LogP contribution in [0.1, 0.15) is 0 Å². The maximum Gasteiger partial charge on any atom is 0.312 e. The van der Waals surface area contributed by atoms with Gasteiger partial charge in [0.05, 0.1) is 33.9 Å². The highest BCUT2D eigenvalue weighted by atomic mass is 35.7. The number of hydrogen-bond acceptors (Lipinski definition) is 6. The predicted molar refractivity (Wildman–Crippen MR) is 79.1 cm³/mol. The van der Waals surface area contributed by atoms with Gasteiger partial charge in [-0.1, -0.05) is 23.2 Å². The zero-order valence-electron chi connectivity index (χ0n) is 10.4. The van der Waals surface area contributed by atoms with Crippen LogP contribution in [0.25, 0.3) is 0 Å². The third-order valence-corrected chi connectivity index (χ3v) is 3.99. The van der Waals surface area contributed by atoms with Crippen molar-refractivity contribution >= 4 is 48.6 Å². The Morgan fingerprint density at radius 1 is 1.14 bits per heavy atom. The molecule has 0 spiro atoms. The molecule has 21 heavy (non-hydrogen) atoms. The van der Waals surface area contributed by atoms with E-state index in [9.17, 15) is 18.5 Å². The first kappa shape index (κ1) is 18.2. The lowest BCUT2D eigenvalue weighted by molar-refractivity contribution is -0.385. The molecule has 11 heteroatoms. The topological polar surface area (TPSA) is 95.7 Å². The van der Waals surface area contributed by atoms with Gasteiger partial charge in [0.1, 0.15) is 6.61 Å². The van der Waals surface area contributed by atoms with Crippen LogP contribution >= 0.6 is 33.9 Å². The summed E-state index contributed by atoms with van der Waals surface area (Å²) in [6.07, 6.45) is 0. The van der Waals surface area contributed by atoms with Gasteiger partial charge in [0.25, 0.3) is 0 Å². The Hall–Kier alpha value is -0.800. The fourth-order valence-corrected chi connectivity index (χ4v) is 2.06.